The van der Waals surface area contributed by atoms with Crippen molar-refractivity contribution in [2.24, 2.45) is 0 Å². The zero-order chi connectivity index (χ0) is 26.5. The van der Waals surface area contributed by atoms with E-state index in [0.29, 0.717) is 18.6 Å². The van der Waals surface area contributed by atoms with Crippen LogP contribution >= 0.6 is 0 Å². The van der Waals surface area contributed by atoms with Crippen LogP contribution in [0.3, 0.4) is 0 Å². The fraction of sp³-hybridized carbons (Fsp3) is 0.441. The van der Waals surface area contributed by atoms with Gasteiger partial charge < -0.3 is 8.98 Å². The molecule has 1 aliphatic carbocycles. The lowest BCUT2D eigenvalue weighted by Gasteiger charge is -2.24. The van der Waals surface area contributed by atoms with Gasteiger partial charge in [0, 0.05) is 41.9 Å². The van der Waals surface area contributed by atoms with E-state index < -0.39 is 0 Å². The Kier molecular flexibility index (Phi) is 8.48. The number of Topliss-reactive ketones (excluding diaryl/α,β-unsaturated/α-hetero) is 1. The van der Waals surface area contributed by atoms with E-state index in [0.717, 1.165) is 57.0 Å². The number of ketones is 1. The lowest BCUT2D eigenvalue weighted by molar-refractivity contribution is -0.120. The third-order valence-electron chi connectivity index (χ3n) is 8.22. The molecule has 0 bridgehead atoms. The fourth-order valence-electron chi connectivity index (χ4n) is 6.05. The summed E-state index contributed by atoms with van der Waals surface area (Å²) in [4.78, 5) is 16.1. The number of aromatic nitrogens is 1. The molecule has 38 heavy (non-hydrogen) atoms. The van der Waals surface area contributed by atoms with E-state index in [1.807, 2.05) is 0 Å². The van der Waals surface area contributed by atoms with Gasteiger partial charge in [0.25, 0.3) is 0 Å². The lowest BCUT2D eigenvalue weighted by atomic mass is 9.81. The number of fused-ring (bicyclic) bond motifs is 3. The molecule has 0 saturated heterocycles. The topological polar surface area (TPSA) is 38.4 Å². The molecule has 2 aromatic heterocycles. The first kappa shape index (κ1) is 26.5. The maximum Gasteiger partial charge on any atom is 0.140 e. The highest BCUT2D eigenvalue weighted by Crippen LogP contribution is 2.40. The molecule has 0 amide bonds. The molecule has 200 valence electrons. The van der Waals surface area contributed by atoms with Gasteiger partial charge in [0.1, 0.15) is 17.3 Å². The van der Waals surface area contributed by atoms with Gasteiger partial charge in [-0.1, -0.05) is 68.3 Å². The number of carbonyl (C=O) groups is 1. The molecule has 2 heterocycles. The van der Waals surface area contributed by atoms with E-state index in [1.54, 1.807) is 0 Å². The maximum absolute atomic E-state index is 13.7. The zero-order valence-electron chi connectivity index (χ0n) is 23.3. The normalized spacial score (nSPS) is 15.3. The second kappa shape index (κ2) is 12.2. The first-order chi connectivity index (χ1) is 18.6. The molecule has 0 N–H and O–H groups in total. The van der Waals surface area contributed by atoms with Crippen molar-refractivity contribution in [3.8, 4) is 0 Å². The van der Waals surface area contributed by atoms with Gasteiger partial charge in [0.2, 0.25) is 0 Å². The standard InChI is InChI=1S/C34H42N2O2/c1-4-6-22-35(5-2)24-28-19-18-27(38-28)20-21-33(37)30-11-9-13-32-34(30)29-10-7-8-12-31(29)36(32)23-26-16-14-25(3)15-17-26/h7-8,10,12,14-19,30H,4-6,9,11,13,20-24H2,1-3H3. The number of hydrogen-bond acceptors (Lipinski definition) is 3. The number of hydrogen-bond donors (Lipinski definition) is 0. The van der Waals surface area contributed by atoms with E-state index in [-0.39, 0.29) is 5.92 Å². The molecule has 2 aromatic carbocycles. The van der Waals surface area contributed by atoms with E-state index in [4.69, 9.17) is 4.42 Å². The van der Waals surface area contributed by atoms with Gasteiger partial charge in [0.05, 0.1) is 6.54 Å². The second-order valence-corrected chi connectivity index (χ2v) is 11.0. The summed E-state index contributed by atoms with van der Waals surface area (Å²) in [5, 5.41) is 1.25. The first-order valence-electron chi connectivity index (χ1n) is 14.6. The van der Waals surface area contributed by atoms with Crippen molar-refractivity contribution in [3.63, 3.8) is 0 Å². The molecule has 0 fully saturated rings. The van der Waals surface area contributed by atoms with Gasteiger partial charge >= 0.3 is 0 Å². The van der Waals surface area contributed by atoms with E-state index in [1.165, 1.54) is 46.1 Å². The Hall–Kier alpha value is -3.11. The summed E-state index contributed by atoms with van der Waals surface area (Å²) >= 11 is 0. The summed E-state index contributed by atoms with van der Waals surface area (Å²) in [5.41, 5.74) is 6.46. The number of carbonyl (C=O) groups excluding carboxylic acids is 1. The largest absolute Gasteiger partial charge is 0.465 e. The fourth-order valence-corrected chi connectivity index (χ4v) is 6.05. The Bertz CT molecular complexity index is 1360. The number of rotatable bonds is 12. The number of furan rings is 1. The minimum atomic E-state index is -0.0259. The molecular weight excluding hydrogens is 468 g/mol. The van der Waals surface area contributed by atoms with Crippen molar-refractivity contribution in [3.05, 3.63) is 94.6 Å². The number of unbranched alkanes of at least 4 members (excludes halogenated alkanes) is 1. The van der Waals surface area contributed by atoms with Crippen molar-refractivity contribution in [1.29, 1.82) is 0 Å². The summed E-state index contributed by atoms with van der Waals surface area (Å²) in [7, 11) is 0. The summed E-state index contributed by atoms with van der Waals surface area (Å²) in [6, 6.07) is 21.6. The Morgan fingerprint density at radius 2 is 1.82 bits per heavy atom. The van der Waals surface area contributed by atoms with Crippen LogP contribution in [-0.4, -0.2) is 28.3 Å². The van der Waals surface area contributed by atoms with Gasteiger partial charge in [-0.15, -0.1) is 0 Å². The van der Waals surface area contributed by atoms with Crippen molar-refractivity contribution >= 4 is 16.7 Å². The average molecular weight is 511 g/mol. The molecule has 4 aromatic rings. The van der Waals surface area contributed by atoms with Crippen LogP contribution in [0.4, 0.5) is 0 Å². The van der Waals surface area contributed by atoms with Crippen molar-refractivity contribution in [2.45, 2.75) is 84.7 Å². The van der Waals surface area contributed by atoms with Gasteiger partial charge in [-0.3, -0.25) is 9.69 Å². The van der Waals surface area contributed by atoms with E-state index in [9.17, 15) is 4.79 Å². The molecule has 1 unspecified atom stereocenters. The third kappa shape index (κ3) is 5.81. The second-order valence-electron chi connectivity index (χ2n) is 11.0. The van der Waals surface area contributed by atoms with Crippen LogP contribution < -0.4 is 0 Å². The Labute approximate surface area is 227 Å². The molecule has 0 aliphatic heterocycles. The van der Waals surface area contributed by atoms with Crippen molar-refractivity contribution < 1.29 is 9.21 Å². The van der Waals surface area contributed by atoms with Crippen molar-refractivity contribution in [2.75, 3.05) is 13.1 Å². The Morgan fingerprint density at radius 1 is 1.03 bits per heavy atom. The lowest BCUT2D eigenvalue weighted by Crippen LogP contribution is -2.23. The van der Waals surface area contributed by atoms with E-state index >= 15 is 0 Å². The van der Waals surface area contributed by atoms with Gasteiger partial charge in [0.15, 0.2) is 0 Å². The van der Waals surface area contributed by atoms with Crippen LogP contribution in [0, 0.1) is 6.92 Å². The zero-order valence-corrected chi connectivity index (χ0v) is 23.3. The average Bonchev–Trinajstić information content (AvgIpc) is 3.53. The minimum absolute atomic E-state index is 0.0259. The highest BCUT2D eigenvalue weighted by Gasteiger charge is 2.31. The highest BCUT2D eigenvalue weighted by molar-refractivity contribution is 5.95. The van der Waals surface area contributed by atoms with Gasteiger partial charge in [-0.25, -0.2) is 0 Å². The Balaban J connectivity index is 1.32. The molecule has 0 saturated carbocycles. The van der Waals surface area contributed by atoms with Gasteiger partial charge in [-0.05, 0) is 75.0 Å². The highest BCUT2D eigenvalue weighted by atomic mass is 16.3. The summed E-state index contributed by atoms with van der Waals surface area (Å²) < 4.78 is 8.62. The molecule has 4 nitrogen and oxygen atoms in total. The smallest absolute Gasteiger partial charge is 0.140 e. The number of para-hydroxylation sites is 1. The Morgan fingerprint density at radius 3 is 2.61 bits per heavy atom. The monoisotopic (exact) mass is 510 g/mol. The molecule has 0 spiro atoms. The van der Waals surface area contributed by atoms with Gasteiger partial charge in [-0.2, -0.15) is 0 Å². The van der Waals surface area contributed by atoms with Crippen LogP contribution in [0.2, 0.25) is 0 Å². The van der Waals surface area contributed by atoms with Crippen LogP contribution in [-0.2, 0) is 30.7 Å². The minimum Gasteiger partial charge on any atom is -0.465 e. The first-order valence-corrected chi connectivity index (χ1v) is 14.6. The van der Waals surface area contributed by atoms with Crippen LogP contribution in [0.15, 0.2) is 65.1 Å². The van der Waals surface area contributed by atoms with Crippen LogP contribution in [0.1, 0.15) is 85.8 Å². The molecule has 4 heteroatoms. The maximum atomic E-state index is 13.7. The summed E-state index contributed by atoms with van der Waals surface area (Å²) in [6.07, 6.45) is 6.65. The molecule has 5 rings (SSSR count). The molecule has 0 radical (unpaired) electrons. The summed E-state index contributed by atoms with van der Waals surface area (Å²) in [6.45, 7) is 10.4. The number of benzene rings is 2. The molecular formula is C34H42N2O2. The predicted molar refractivity (Wildman–Crippen MR) is 156 cm³/mol. The third-order valence-corrected chi connectivity index (χ3v) is 8.22. The van der Waals surface area contributed by atoms with Crippen LogP contribution in [0.25, 0.3) is 10.9 Å². The molecule has 1 aliphatic rings. The van der Waals surface area contributed by atoms with E-state index in [2.05, 4.69) is 90.9 Å². The predicted octanol–water partition coefficient (Wildman–Crippen LogP) is 7.83. The quantitative estimate of drug-likeness (QED) is 0.195. The number of aryl methyl sites for hydroxylation is 2. The number of nitrogens with zero attached hydrogens (tertiary/aromatic N) is 2. The SMILES string of the molecule is CCCCN(CC)Cc1ccc(CCC(=O)C2CCCc3c2c2ccccc2n3Cc2ccc(C)cc2)o1. The molecule has 1 atom stereocenters. The van der Waals surface area contributed by atoms with Crippen molar-refractivity contribution in [1.82, 2.24) is 9.47 Å². The van der Waals surface area contributed by atoms with Crippen LogP contribution in [0.5, 0.6) is 0 Å². The summed E-state index contributed by atoms with van der Waals surface area (Å²) in [5.74, 6) is 2.25.